The van der Waals surface area contributed by atoms with Crippen molar-refractivity contribution in [2.24, 2.45) is 0 Å². The van der Waals surface area contributed by atoms with Crippen LogP contribution in [0.2, 0.25) is 0 Å². The minimum Gasteiger partial charge on any atom is -0.351 e. The number of hydrogen-bond donors (Lipinski definition) is 3. The fourth-order valence-electron chi connectivity index (χ4n) is 1.92. The predicted octanol–water partition coefficient (Wildman–Crippen LogP) is 1.04. The second kappa shape index (κ2) is 4.78. The van der Waals surface area contributed by atoms with Crippen molar-refractivity contribution in [2.45, 2.75) is 18.9 Å². The summed E-state index contributed by atoms with van der Waals surface area (Å²) >= 11 is 0. The molecule has 0 spiro atoms. The first kappa shape index (κ1) is 11.2. The Hall–Kier alpha value is -1.88. The molecule has 1 aliphatic carbocycles. The van der Waals surface area contributed by atoms with Gasteiger partial charge in [0.1, 0.15) is 0 Å². The highest BCUT2D eigenvalue weighted by Crippen LogP contribution is 2.17. The summed E-state index contributed by atoms with van der Waals surface area (Å²) in [5, 5.41) is 6.26. The highest BCUT2D eigenvalue weighted by atomic mass is 16.1. The Morgan fingerprint density at radius 3 is 3.11 bits per heavy atom. The molecule has 0 atom stereocenters. The van der Waals surface area contributed by atoms with E-state index in [4.69, 9.17) is 0 Å². The number of fused-ring (bicyclic) bond motifs is 1. The molecule has 0 saturated heterocycles. The molecule has 1 aromatic heterocycles. The summed E-state index contributed by atoms with van der Waals surface area (Å²) in [6.45, 7) is 1.50. The van der Waals surface area contributed by atoms with Gasteiger partial charge in [0.05, 0.1) is 17.4 Å². The van der Waals surface area contributed by atoms with Crippen LogP contribution in [0.3, 0.4) is 0 Å². The Labute approximate surface area is 105 Å². The van der Waals surface area contributed by atoms with E-state index in [1.54, 1.807) is 12.4 Å². The molecular weight excluding hydrogens is 228 g/mol. The number of amides is 1. The van der Waals surface area contributed by atoms with Gasteiger partial charge in [0.25, 0.3) is 5.91 Å². The van der Waals surface area contributed by atoms with Crippen LogP contribution in [0.1, 0.15) is 23.2 Å². The number of hydrogen-bond acceptors (Lipinski definition) is 3. The lowest BCUT2D eigenvalue weighted by Gasteiger charge is -2.06. The van der Waals surface area contributed by atoms with E-state index < -0.39 is 0 Å². The highest BCUT2D eigenvalue weighted by molar-refractivity contribution is 5.97. The summed E-state index contributed by atoms with van der Waals surface area (Å²) in [6, 6.07) is 6.16. The number of imidazole rings is 1. The van der Waals surface area contributed by atoms with Crippen LogP contribution in [0.5, 0.6) is 0 Å². The first-order valence-corrected chi connectivity index (χ1v) is 6.27. The smallest absolute Gasteiger partial charge is 0.251 e. The van der Waals surface area contributed by atoms with E-state index in [2.05, 4.69) is 20.6 Å². The number of aromatic nitrogens is 2. The van der Waals surface area contributed by atoms with Crippen LogP contribution in [0.15, 0.2) is 24.5 Å². The minimum absolute atomic E-state index is 0.0379. The van der Waals surface area contributed by atoms with Gasteiger partial charge >= 0.3 is 0 Å². The molecule has 1 heterocycles. The van der Waals surface area contributed by atoms with Crippen LogP contribution in [-0.4, -0.2) is 35.0 Å². The summed E-state index contributed by atoms with van der Waals surface area (Å²) in [5.74, 6) is -0.0379. The fraction of sp³-hybridized carbons (Fsp3) is 0.385. The van der Waals surface area contributed by atoms with E-state index in [9.17, 15) is 4.79 Å². The van der Waals surface area contributed by atoms with E-state index in [1.165, 1.54) is 12.8 Å². The predicted molar refractivity (Wildman–Crippen MR) is 69.5 cm³/mol. The van der Waals surface area contributed by atoms with E-state index in [0.29, 0.717) is 18.2 Å². The van der Waals surface area contributed by atoms with E-state index in [-0.39, 0.29) is 5.91 Å². The van der Waals surface area contributed by atoms with Gasteiger partial charge in [-0.25, -0.2) is 4.98 Å². The van der Waals surface area contributed by atoms with Crippen LogP contribution in [-0.2, 0) is 0 Å². The molecule has 0 radical (unpaired) electrons. The Balaban J connectivity index is 1.56. The summed E-state index contributed by atoms with van der Waals surface area (Å²) in [7, 11) is 0. The van der Waals surface area contributed by atoms with Gasteiger partial charge in [0.2, 0.25) is 0 Å². The quantitative estimate of drug-likeness (QED) is 0.688. The van der Waals surface area contributed by atoms with Crippen LogP contribution in [0.25, 0.3) is 11.0 Å². The number of aromatic amines is 1. The lowest BCUT2D eigenvalue weighted by Crippen LogP contribution is -2.32. The van der Waals surface area contributed by atoms with Crippen molar-refractivity contribution in [2.75, 3.05) is 13.1 Å². The van der Waals surface area contributed by atoms with Gasteiger partial charge in [-0.15, -0.1) is 0 Å². The van der Waals surface area contributed by atoms with E-state index in [1.807, 2.05) is 12.1 Å². The van der Waals surface area contributed by atoms with Crippen molar-refractivity contribution in [1.29, 1.82) is 0 Å². The first-order chi connectivity index (χ1) is 8.83. The zero-order chi connectivity index (χ0) is 12.4. The van der Waals surface area contributed by atoms with Gasteiger partial charge in [-0.3, -0.25) is 4.79 Å². The monoisotopic (exact) mass is 244 g/mol. The van der Waals surface area contributed by atoms with Crippen molar-refractivity contribution in [1.82, 2.24) is 20.6 Å². The van der Waals surface area contributed by atoms with Crippen molar-refractivity contribution in [3.05, 3.63) is 30.1 Å². The molecule has 1 aromatic carbocycles. The van der Waals surface area contributed by atoms with Gasteiger partial charge < -0.3 is 15.6 Å². The Morgan fingerprint density at radius 2 is 2.28 bits per heavy atom. The molecule has 0 unspecified atom stereocenters. The van der Waals surface area contributed by atoms with E-state index in [0.717, 1.165) is 17.6 Å². The number of carbonyl (C=O) groups excluding carboxylic acids is 1. The molecule has 1 amide bonds. The molecule has 1 saturated carbocycles. The summed E-state index contributed by atoms with van der Waals surface area (Å²) < 4.78 is 0. The van der Waals surface area contributed by atoms with Gasteiger partial charge in [0, 0.05) is 24.7 Å². The van der Waals surface area contributed by atoms with Gasteiger partial charge in [0.15, 0.2) is 0 Å². The van der Waals surface area contributed by atoms with Gasteiger partial charge in [-0.05, 0) is 31.0 Å². The SMILES string of the molecule is O=C(NCCNC1CC1)c1ccc2nc[nH]c2c1. The highest BCUT2D eigenvalue weighted by Gasteiger charge is 2.19. The second-order valence-electron chi connectivity index (χ2n) is 4.62. The molecule has 2 aromatic rings. The molecular formula is C13H16N4O. The maximum atomic E-state index is 11.9. The first-order valence-electron chi connectivity index (χ1n) is 6.27. The molecule has 5 nitrogen and oxygen atoms in total. The average Bonchev–Trinajstić information content (AvgIpc) is 3.09. The maximum absolute atomic E-state index is 11.9. The van der Waals surface area contributed by atoms with Gasteiger partial charge in [-0.2, -0.15) is 0 Å². The van der Waals surface area contributed by atoms with Gasteiger partial charge in [-0.1, -0.05) is 0 Å². The minimum atomic E-state index is -0.0379. The number of nitrogens with one attached hydrogen (secondary N) is 3. The van der Waals surface area contributed by atoms with Crippen molar-refractivity contribution < 1.29 is 4.79 Å². The Kier molecular flexibility index (Phi) is 2.98. The fourth-order valence-corrected chi connectivity index (χ4v) is 1.92. The molecule has 1 aliphatic rings. The van der Waals surface area contributed by atoms with Crippen LogP contribution in [0, 0.1) is 0 Å². The molecule has 5 heteroatoms. The average molecular weight is 244 g/mol. The molecule has 1 fully saturated rings. The van der Waals surface area contributed by atoms with E-state index >= 15 is 0 Å². The molecule has 3 rings (SSSR count). The molecule has 18 heavy (non-hydrogen) atoms. The number of H-pyrrole nitrogens is 1. The van der Waals surface area contributed by atoms with Crippen molar-refractivity contribution in [3.8, 4) is 0 Å². The number of benzene rings is 1. The molecule has 94 valence electrons. The van der Waals surface area contributed by atoms with Crippen LogP contribution in [0.4, 0.5) is 0 Å². The lowest BCUT2D eigenvalue weighted by molar-refractivity contribution is 0.0954. The normalized spacial score (nSPS) is 14.9. The molecule has 0 aliphatic heterocycles. The third-order valence-corrected chi connectivity index (χ3v) is 3.10. The molecule has 3 N–H and O–H groups in total. The summed E-state index contributed by atoms with van der Waals surface area (Å²) in [4.78, 5) is 19.0. The summed E-state index contributed by atoms with van der Waals surface area (Å²) in [5.41, 5.74) is 2.43. The number of nitrogens with zero attached hydrogens (tertiary/aromatic N) is 1. The number of carbonyl (C=O) groups is 1. The summed E-state index contributed by atoms with van der Waals surface area (Å²) in [6.07, 6.45) is 4.17. The Bertz CT molecular complexity index is 559. The lowest BCUT2D eigenvalue weighted by atomic mass is 10.2. The maximum Gasteiger partial charge on any atom is 0.251 e. The zero-order valence-corrected chi connectivity index (χ0v) is 10.1. The standard InChI is InChI=1S/C13H16N4O/c18-13(15-6-5-14-10-2-3-10)9-1-4-11-12(7-9)17-8-16-11/h1,4,7-8,10,14H,2-3,5-6H2,(H,15,18)(H,16,17). The number of rotatable bonds is 5. The van der Waals surface area contributed by atoms with Crippen LogP contribution >= 0.6 is 0 Å². The third-order valence-electron chi connectivity index (χ3n) is 3.10. The zero-order valence-electron chi connectivity index (χ0n) is 10.1. The van der Waals surface area contributed by atoms with Crippen molar-refractivity contribution in [3.63, 3.8) is 0 Å². The topological polar surface area (TPSA) is 69.8 Å². The van der Waals surface area contributed by atoms with Crippen LogP contribution < -0.4 is 10.6 Å². The third kappa shape index (κ3) is 2.51. The van der Waals surface area contributed by atoms with Crippen molar-refractivity contribution >= 4 is 16.9 Å². The largest absolute Gasteiger partial charge is 0.351 e. The second-order valence-corrected chi connectivity index (χ2v) is 4.62. The molecule has 0 bridgehead atoms. The Morgan fingerprint density at radius 1 is 1.39 bits per heavy atom.